The highest BCUT2D eigenvalue weighted by Crippen LogP contribution is 2.35. The van der Waals surface area contributed by atoms with E-state index in [1.807, 2.05) is 26.0 Å². The molecule has 1 aromatic rings. The fraction of sp³-hybridized carbons (Fsp3) is 0.526. The van der Waals surface area contributed by atoms with Crippen molar-refractivity contribution in [3.8, 4) is 0 Å². The van der Waals surface area contributed by atoms with Crippen LogP contribution in [0.15, 0.2) is 24.3 Å². The van der Waals surface area contributed by atoms with Gasteiger partial charge in [-0.15, -0.1) is 0 Å². The highest BCUT2D eigenvalue weighted by atomic mass is 35.5. The summed E-state index contributed by atoms with van der Waals surface area (Å²) in [5, 5.41) is 3.22. The van der Waals surface area contributed by atoms with Crippen LogP contribution in [0.25, 0.3) is 0 Å². The van der Waals surface area contributed by atoms with Gasteiger partial charge in [-0.1, -0.05) is 23.7 Å². The monoisotopic (exact) mass is 392 g/mol. The number of rotatable bonds is 3. The Labute approximate surface area is 164 Å². The number of piperazine rings is 1. The Kier molecular flexibility index (Phi) is 5.33. The number of amides is 4. The first-order valence-corrected chi connectivity index (χ1v) is 9.49. The molecule has 0 bridgehead atoms. The molecular weight excluding hydrogens is 368 g/mol. The molecule has 27 heavy (non-hydrogen) atoms. The lowest BCUT2D eigenvalue weighted by molar-refractivity contribution is -0.166. The van der Waals surface area contributed by atoms with Crippen LogP contribution in [0.5, 0.6) is 0 Å². The second kappa shape index (κ2) is 7.38. The first-order chi connectivity index (χ1) is 12.8. The number of halogens is 1. The van der Waals surface area contributed by atoms with Gasteiger partial charge in [0.05, 0.1) is 6.54 Å². The summed E-state index contributed by atoms with van der Waals surface area (Å²) in [7, 11) is 1.56. The molecule has 8 heteroatoms. The lowest BCUT2D eigenvalue weighted by Gasteiger charge is -2.48. The van der Waals surface area contributed by atoms with E-state index in [1.165, 1.54) is 0 Å². The molecule has 0 aromatic heterocycles. The van der Waals surface area contributed by atoms with Crippen LogP contribution in [0.1, 0.15) is 25.8 Å². The van der Waals surface area contributed by atoms with Crippen LogP contribution in [0.3, 0.4) is 0 Å². The molecule has 2 aliphatic rings. The summed E-state index contributed by atoms with van der Waals surface area (Å²) in [6.07, 6.45) is 0.432. The molecule has 1 spiro atoms. The first-order valence-electron chi connectivity index (χ1n) is 9.11. The zero-order valence-corrected chi connectivity index (χ0v) is 16.6. The molecule has 1 N–H and O–H groups in total. The molecule has 4 amide bonds. The Morgan fingerprint density at radius 1 is 1.26 bits per heavy atom. The Balaban J connectivity index is 1.96. The highest BCUT2D eigenvalue weighted by molar-refractivity contribution is 6.30. The molecule has 1 atom stereocenters. The lowest BCUT2D eigenvalue weighted by atomic mass is 9.89. The number of likely N-dealkylation sites (tertiary alicyclic amines) is 1. The van der Waals surface area contributed by atoms with Gasteiger partial charge in [-0.05, 0) is 38.0 Å². The van der Waals surface area contributed by atoms with E-state index in [0.717, 1.165) is 5.56 Å². The summed E-state index contributed by atoms with van der Waals surface area (Å²) >= 11 is 5.96. The quantitative estimate of drug-likeness (QED) is 0.851. The van der Waals surface area contributed by atoms with E-state index in [0.29, 0.717) is 24.5 Å². The smallest absolute Gasteiger partial charge is 0.317 e. The molecule has 2 aliphatic heterocycles. The number of hydrogen-bond donors (Lipinski definition) is 1. The molecule has 0 saturated carbocycles. The number of carbonyl (C=O) groups excluding carboxylic acids is 3. The van der Waals surface area contributed by atoms with Gasteiger partial charge >= 0.3 is 6.03 Å². The standard InChI is InChI=1S/C19H25ClN4O3/c1-13(2)23-11-16(25)24(10-14-4-6-15(20)7-5-14)19(17(23)26)8-9-22(12-19)18(27)21-3/h4-7,13H,8-12H2,1-3H3,(H,21,27)/t19-/m1/s1. The van der Waals surface area contributed by atoms with Crippen LogP contribution < -0.4 is 5.32 Å². The molecule has 0 radical (unpaired) electrons. The fourth-order valence-corrected chi connectivity index (χ4v) is 4.00. The second-order valence-electron chi connectivity index (χ2n) is 7.39. The van der Waals surface area contributed by atoms with Crippen molar-refractivity contribution < 1.29 is 14.4 Å². The maximum Gasteiger partial charge on any atom is 0.317 e. The molecule has 146 valence electrons. The number of benzene rings is 1. The third-order valence-corrected chi connectivity index (χ3v) is 5.66. The van der Waals surface area contributed by atoms with Crippen LogP contribution in [-0.2, 0) is 16.1 Å². The number of carbonyl (C=O) groups is 3. The minimum absolute atomic E-state index is 0.0613. The summed E-state index contributed by atoms with van der Waals surface area (Å²) in [5.74, 6) is -0.186. The van der Waals surface area contributed by atoms with Gasteiger partial charge in [0.1, 0.15) is 12.1 Å². The SMILES string of the molecule is CNC(=O)N1CC[C@@]2(C1)C(=O)N(C(C)C)CC(=O)N2Cc1ccc(Cl)cc1. The van der Waals surface area contributed by atoms with Crippen molar-refractivity contribution in [2.75, 3.05) is 26.7 Å². The van der Waals surface area contributed by atoms with E-state index in [1.54, 1.807) is 33.9 Å². The summed E-state index contributed by atoms with van der Waals surface area (Å²) < 4.78 is 0. The third-order valence-electron chi connectivity index (χ3n) is 5.41. The van der Waals surface area contributed by atoms with Crippen molar-refractivity contribution in [2.45, 2.75) is 38.4 Å². The van der Waals surface area contributed by atoms with E-state index < -0.39 is 5.54 Å². The molecular formula is C19H25ClN4O3. The van der Waals surface area contributed by atoms with E-state index in [9.17, 15) is 14.4 Å². The zero-order valence-electron chi connectivity index (χ0n) is 15.9. The Bertz CT molecular complexity index is 752. The van der Waals surface area contributed by atoms with E-state index >= 15 is 0 Å². The van der Waals surface area contributed by atoms with Gasteiger partial charge in [-0.3, -0.25) is 9.59 Å². The largest absolute Gasteiger partial charge is 0.341 e. The number of nitrogens with one attached hydrogen (secondary N) is 1. The van der Waals surface area contributed by atoms with Crippen molar-refractivity contribution in [3.05, 3.63) is 34.9 Å². The van der Waals surface area contributed by atoms with Crippen molar-refractivity contribution in [2.24, 2.45) is 0 Å². The molecule has 2 saturated heterocycles. The van der Waals surface area contributed by atoms with Crippen LogP contribution in [-0.4, -0.2) is 70.8 Å². The van der Waals surface area contributed by atoms with Gasteiger partial charge in [0.2, 0.25) is 5.91 Å². The molecule has 3 rings (SSSR count). The zero-order chi connectivity index (χ0) is 19.8. The van der Waals surface area contributed by atoms with E-state index in [2.05, 4.69) is 5.32 Å². The number of hydrogen-bond acceptors (Lipinski definition) is 3. The van der Waals surface area contributed by atoms with Crippen LogP contribution in [0.4, 0.5) is 4.79 Å². The first kappa shape index (κ1) is 19.5. The number of urea groups is 1. The maximum atomic E-state index is 13.4. The van der Waals surface area contributed by atoms with Crippen molar-refractivity contribution in [1.82, 2.24) is 20.0 Å². The van der Waals surface area contributed by atoms with Gasteiger partial charge < -0.3 is 20.0 Å². The molecule has 2 fully saturated rings. The molecule has 0 aliphatic carbocycles. The molecule has 2 heterocycles. The van der Waals surface area contributed by atoms with Crippen molar-refractivity contribution >= 4 is 29.4 Å². The Morgan fingerprint density at radius 2 is 1.93 bits per heavy atom. The van der Waals surface area contributed by atoms with Crippen molar-refractivity contribution in [1.29, 1.82) is 0 Å². The summed E-state index contributed by atoms with van der Waals surface area (Å²) in [4.78, 5) is 43.4. The van der Waals surface area contributed by atoms with Crippen LogP contribution in [0, 0.1) is 0 Å². The maximum absolute atomic E-state index is 13.4. The highest BCUT2D eigenvalue weighted by Gasteiger charge is 2.56. The Morgan fingerprint density at radius 3 is 2.52 bits per heavy atom. The van der Waals surface area contributed by atoms with Gasteiger partial charge in [-0.25, -0.2) is 4.79 Å². The van der Waals surface area contributed by atoms with Gasteiger partial charge in [0.15, 0.2) is 0 Å². The fourth-order valence-electron chi connectivity index (χ4n) is 3.87. The van der Waals surface area contributed by atoms with Gasteiger partial charge in [-0.2, -0.15) is 0 Å². The van der Waals surface area contributed by atoms with Crippen LogP contribution >= 0.6 is 11.6 Å². The molecule has 1 aromatic carbocycles. The topological polar surface area (TPSA) is 73.0 Å². The van der Waals surface area contributed by atoms with E-state index in [4.69, 9.17) is 11.6 Å². The van der Waals surface area contributed by atoms with Crippen LogP contribution in [0.2, 0.25) is 5.02 Å². The summed E-state index contributed by atoms with van der Waals surface area (Å²) in [6.45, 7) is 4.81. The Hall–Kier alpha value is -2.28. The molecule has 7 nitrogen and oxygen atoms in total. The summed E-state index contributed by atoms with van der Waals surface area (Å²) in [6, 6.07) is 6.94. The second-order valence-corrected chi connectivity index (χ2v) is 7.83. The third kappa shape index (κ3) is 3.48. The molecule has 0 unspecified atom stereocenters. The minimum Gasteiger partial charge on any atom is -0.341 e. The van der Waals surface area contributed by atoms with Gasteiger partial charge in [0.25, 0.3) is 5.91 Å². The predicted molar refractivity (Wildman–Crippen MR) is 102 cm³/mol. The van der Waals surface area contributed by atoms with Crippen molar-refractivity contribution in [3.63, 3.8) is 0 Å². The van der Waals surface area contributed by atoms with Gasteiger partial charge in [0, 0.05) is 31.2 Å². The van der Waals surface area contributed by atoms with E-state index in [-0.39, 0.29) is 37.0 Å². The normalized spacial score (nSPS) is 22.9. The average molecular weight is 393 g/mol. The number of nitrogens with zero attached hydrogens (tertiary/aromatic N) is 3. The lowest BCUT2D eigenvalue weighted by Crippen LogP contribution is -2.70. The predicted octanol–water partition coefficient (Wildman–Crippen LogP) is 1.70. The minimum atomic E-state index is -1.02. The summed E-state index contributed by atoms with van der Waals surface area (Å²) in [5.41, 5.74) is -0.123. The average Bonchev–Trinajstić information content (AvgIpc) is 3.09.